The molecule has 2 aromatic carbocycles. The van der Waals surface area contributed by atoms with E-state index in [0.29, 0.717) is 25.1 Å². The molecule has 0 spiro atoms. The van der Waals surface area contributed by atoms with Crippen LogP contribution in [-0.2, 0) is 26.0 Å². The quantitative estimate of drug-likeness (QED) is 0.380. The highest BCUT2D eigenvalue weighted by Crippen LogP contribution is 2.17. The van der Waals surface area contributed by atoms with Crippen LogP contribution in [0.1, 0.15) is 36.2 Å². The van der Waals surface area contributed by atoms with Crippen LogP contribution >= 0.6 is 15.9 Å². The third kappa shape index (κ3) is 6.48. The Morgan fingerprint density at radius 3 is 2.10 bits per heavy atom. The van der Waals surface area contributed by atoms with Crippen LogP contribution in [0, 0.1) is 0 Å². The fourth-order valence-electron chi connectivity index (χ4n) is 2.72. The predicted octanol–water partition coefficient (Wildman–Crippen LogP) is 3.84. The first-order valence-corrected chi connectivity index (χ1v) is 11.5. The summed E-state index contributed by atoms with van der Waals surface area (Å²) in [7, 11) is -3.50. The topological polar surface area (TPSA) is 80.8 Å². The molecule has 0 heterocycles. The third-order valence-corrected chi connectivity index (χ3v) is 7.01. The highest BCUT2D eigenvalue weighted by Gasteiger charge is 2.21. The molecule has 0 aliphatic heterocycles. The third-order valence-electron chi connectivity index (χ3n) is 4.41. The monoisotopic (exact) mass is 481 g/mol. The van der Waals surface area contributed by atoms with Gasteiger partial charge in [-0.15, -0.1) is 0 Å². The van der Waals surface area contributed by atoms with Crippen LogP contribution in [0.4, 0.5) is 0 Å². The Bertz CT molecular complexity index is 936. The van der Waals surface area contributed by atoms with Gasteiger partial charge < -0.3 is 4.74 Å². The van der Waals surface area contributed by atoms with E-state index >= 15 is 0 Å². The maximum absolute atomic E-state index is 12.5. The first-order valence-electron chi connectivity index (χ1n) is 9.31. The average molecular weight is 482 g/mol. The molecular formula is C21H24BrNO5S. The van der Waals surface area contributed by atoms with E-state index in [9.17, 15) is 18.0 Å². The molecule has 6 nitrogen and oxygen atoms in total. The molecule has 0 aliphatic carbocycles. The number of aryl methyl sites for hydroxylation is 1. The Balaban J connectivity index is 1.86. The van der Waals surface area contributed by atoms with Gasteiger partial charge in [0.2, 0.25) is 10.0 Å². The average Bonchev–Trinajstić information content (AvgIpc) is 2.72. The first-order chi connectivity index (χ1) is 13.8. The van der Waals surface area contributed by atoms with Crippen LogP contribution < -0.4 is 0 Å². The van der Waals surface area contributed by atoms with Gasteiger partial charge in [0, 0.05) is 29.5 Å². The van der Waals surface area contributed by atoms with Gasteiger partial charge in [-0.3, -0.25) is 9.59 Å². The molecule has 0 saturated carbocycles. The van der Waals surface area contributed by atoms with Gasteiger partial charge in [0.15, 0.2) is 12.4 Å². The summed E-state index contributed by atoms with van der Waals surface area (Å²) in [4.78, 5) is 24.2. The van der Waals surface area contributed by atoms with E-state index < -0.39 is 16.0 Å². The van der Waals surface area contributed by atoms with E-state index in [1.54, 1.807) is 62.4 Å². The molecule has 0 aliphatic rings. The number of halogens is 1. The zero-order valence-corrected chi connectivity index (χ0v) is 18.8. The number of sulfonamides is 1. The minimum Gasteiger partial charge on any atom is -0.457 e. The highest BCUT2D eigenvalue weighted by molar-refractivity contribution is 9.10. The molecule has 2 aromatic rings. The molecule has 0 saturated heterocycles. The predicted molar refractivity (Wildman–Crippen MR) is 114 cm³/mol. The van der Waals surface area contributed by atoms with Gasteiger partial charge in [-0.25, -0.2) is 8.42 Å². The van der Waals surface area contributed by atoms with E-state index in [1.807, 2.05) is 0 Å². The number of rotatable bonds is 10. The zero-order chi connectivity index (χ0) is 21.4. The van der Waals surface area contributed by atoms with Crippen molar-refractivity contribution in [1.29, 1.82) is 0 Å². The second kappa shape index (κ2) is 10.7. The summed E-state index contributed by atoms with van der Waals surface area (Å²) in [5.41, 5.74) is 1.30. The highest BCUT2D eigenvalue weighted by atomic mass is 79.9. The maximum Gasteiger partial charge on any atom is 0.306 e. The van der Waals surface area contributed by atoms with Gasteiger partial charge in [-0.2, -0.15) is 4.31 Å². The number of carbonyl (C=O) groups excluding carboxylic acids is 2. The van der Waals surface area contributed by atoms with E-state index in [4.69, 9.17) is 4.74 Å². The van der Waals surface area contributed by atoms with Gasteiger partial charge in [0.25, 0.3) is 0 Å². The normalized spacial score (nSPS) is 11.4. The largest absolute Gasteiger partial charge is 0.457 e. The summed E-state index contributed by atoms with van der Waals surface area (Å²) in [6.45, 7) is 4.10. The number of ether oxygens (including phenoxy) is 1. The van der Waals surface area contributed by atoms with Crippen LogP contribution in [-0.4, -0.2) is 44.2 Å². The van der Waals surface area contributed by atoms with Crippen LogP contribution in [0.2, 0.25) is 0 Å². The van der Waals surface area contributed by atoms with E-state index in [-0.39, 0.29) is 23.7 Å². The smallest absolute Gasteiger partial charge is 0.306 e. The van der Waals surface area contributed by atoms with Crippen LogP contribution in [0.3, 0.4) is 0 Å². The van der Waals surface area contributed by atoms with E-state index in [1.165, 1.54) is 4.31 Å². The molecule has 0 atom stereocenters. The van der Waals surface area contributed by atoms with E-state index in [0.717, 1.165) is 10.0 Å². The number of carbonyl (C=O) groups is 2. The number of ketones is 1. The molecule has 0 fully saturated rings. The van der Waals surface area contributed by atoms with Crippen molar-refractivity contribution in [2.45, 2.75) is 31.6 Å². The number of nitrogens with zero attached hydrogens (tertiary/aromatic N) is 1. The molecule has 29 heavy (non-hydrogen) atoms. The molecule has 0 aromatic heterocycles. The summed E-state index contributed by atoms with van der Waals surface area (Å²) in [5, 5.41) is 0. The molecule has 0 N–H and O–H groups in total. The Hall–Kier alpha value is -2.03. The number of hydrogen-bond donors (Lipinski definition) is 0. The van der Waals surface area contributed by atoms with Crippen LogP contribution in [0.25, 0.3) is 0 Å². The summed E-state index contributed by atoms with van der Waals surface area (Å²) in [6, 6.07) is 13.3. The Labute approximate surface area is 180 Å². The maximum atomic E-state index is 12.5. The Morgan fingerprint density at radius 2 is 1.55 bits per heavy atom. The van der Waals surface area contributed by atoms with Gasteiger partial charge >= 0.3 is 5.97 Å². The zero-order valence-electron chi connectivity index (χ0n) is 16.4. The summed E-state index contributed by atoms with van der Waals surface area (Å²) < 4.78 is 32.2. The molecule has 8 heteroatoms. The lowest BCUT2D eigenvalue weighted by atomic mass is 10.1. The molecule has 2 rings (SSSR count). The minimum absolute atomic E-state index is 0.107. The molecule has 156 valence electrons. The van der Waals surface area contributed by atoms with Crippen LogP contribution in [0.15, 0.2) is 57.9 Å². The number of esters is 1. The minimum atomic E-state index is -3.50. The van der Waals surface area contributed by atoms with Crippen molar-refractivity contribution < 1.29 is 22.7 Å². The van der Waals surface area contributed by atoms with Gasteiger partial charge in [-0.1, -0.05) is 54.0 Å². The summed E-state index contributed by atoms with van der Waals surface area (Å²) in [6.07, 6.45) is 0.507. The SMILES string of the molecule is CCN(CC)S(=O)(=O)c1ccc(CCC(=O)OCC(=O)c2ccc(Br)cc2)cc1. The lowest BCUT2D eigenvalue weighted by molar-refractivity contribution is -0.142. The lowest BCUT2D eigenvalue weighted by Crippen LogP contribution is -2.30. The number of benzene rings is 2. The second-order valence-corrected chi connectivity index (χ2v) is 9.18. The van der Waals surface area contributed by atoms with Crippen molar-refractivity contribution in [1.82, 2.24) is 4.31 Å². The Morgan fingerprint density at radius 1 is 0.966 bits per heavy atom. The summed E-state index contributed by atoms with van der Waals surface area (Å²) >= 11 is 3.30. The Kier molecular flexibility index (Phi) is 8.55. The van der Waals surface area contributed by atoms with Crippen LogP contribution in [0.5, 0.6) is 0 Å². The van der Waals surface area contributed by atoms with Crippen molar-refractivity contribution in [3.63, 3.8) is 0 Å². The van der Waals surface area contributed by atoms with Crippen molar-refractivity contribution >= 4 is 37.7 Å². The molecular weight excluding hydrogens is 458 g/mol. The van der Waals surface area contributed by atoms with Crippen molar-refractivity contribution in [2.24, 2.45) is 0 Å². The molecule has 0 amide bonds. The number of Topliss-reactive ketones (excluding diaryl/α,β-unsaturated/α-hetero) is 1. The second-order valence-electron chi connectivity index (χ2n) is 6.32. The van der Waals surface area contributed by atoms with Gasteiger partial charge in [-0.05, 0) is 36.2 Å². The lowest BCUT2D eigenvalue weighted by Gasteiger charge is -2.18. The fraction of sp³-hybridized carbons (Fsp3) is 0.333. The standard InChI is InChI=1S/C21H24BrNO5S/c1-3-23(4-2)29(26,27)19-12-5-16(6-13-19)7-14-21(25)28-15-20(24)17-8-10-18(22)11-9-17/h5-6,8-13H,3-4,7,14-15H2,1-2H3. The van der Waals surface area contributed by atoms with Gasteiger partial charge in [0.1, 0.15) is 0 Å². The van der Waals surface area contributed by atoms with Crippen molar-refractivity contribution in [2.75, 3.05) is 19.7 Å². The fourth-order valence-corrected chi connectivity index (χ4v) is 4.45. The van der Waals surface area contributed by atoms with Gasteiger partial charge in [0.05, 0.1) is 4.90 Å². The number of hydrogen-bond acceptors (Lipinski definition) is 5. The van der Waals surface area contributed by atoms with E-state index in [2.05, 4.69) is 15.9 Å². The molecule has 0 bridgehead atoms. The first kappa shape index (κ1) is 23.3. The van der Waals surface area contributed by atoms with Crippen molar-refractivity contribution in [3.05, 3.63) is 64.1 Å². The van der Waals surface area contributed by atoms with Crippen molar-refractivity contribution in [3.8, 4) is 0 Å². The molecule has 0 unspecified atom stereocenters. The molecule has 0 radical (unpaired) electrons. The summed E-state index contributed by atoms with van der Waals surface area (Å²) in [5.74, 6) is -0.743.